The molecule has 2 fully saturated rings. The highest BCUT2D eigenvalue weighted by atomic mass is 35.5. The molecule has 0 spiro atoms. The number of amides is 1. The van der Waals surface area contributed by atoms with Gasteiger partial charge in [0.2, 0.25) is 5.91 Å². The Labute approximate surface area is 168 Å². The molecular formula is C19H26ClF3N2O3. The van der Waals surface area contributed by atoms with Gasteiger partial charge in [0.25, 0.3) is 0 Å². The highest BCUT2D eigenvalue weighted by Gasteiger charge is 2.49. The molecule has 2 aliphatic carbocycles. The second kappa shape index (κ2) is 8.88. The van der Waals surface area contributed by atoms with Gasteiger partial charge in [0.05, 0.1) is 11.5 Å². The van der Waals surface area contributed by atoms with Crippen molar-refractivity contribution in [1.82, 2.24) is 4.90 Å². The van der Waals surface area contributed by atoms with Crippen LogP contribution in [0.3, 0.4) is 0 Å². The summed E-state index contributed by atoms with van der Waals surface area (Å²) in [6.45, 7) is -0.360. The maximum Gasteiger partial charge on any atom is 0.419 e. The maximum atomic E-state index is 13.0. The van der Waals surface area contributed by atoms with Gasteiger partial charge in [-0.1, -0.05) is 12.1 Å². The maximum absolute atomic E-state index is 13.0. The Bertz CT molecular complexity index is 687. The lowest BCUT2D eigenvalue weighted by molar-refractivity contribution is -0.139. The number of ether oxygens (including phenoxy) is 1. The molecule has 5 unspecified atom stereocenters. The van der Waals surface area contributed by atoms with Gasteiger partial charge in [0.15, 0.2) is 0 Å². The number of aliphatic hydroxyl groups is 1. The monoisotopic (exact) mass is 422 g/mol. The molecule has 2 aliphatic rings. The largest absolute Gasteiger partial charge is 0.490 e. The van der Waals surface area contributed by atoms with Crippen molar-refractivity contribution in [3.8, 4) is 5.75 Å². The molecule has 1 aromatic carbocycles. The number of nitrogens with zero attached hydrogens (tertiary/aromatic N) is 1. The first-order chi connectivity index (χ1) is 12.7. The third-order valence-electron chi connectivity index (χ3n) is 5.75. The van der Waals surface area contributed by atoms with Crippen LogP contribution in [0.25, 0.3) is 0 Å². The molecule has 0 aliphatic heterocycles. The summed E-state index contributed by atoms with van der Waals surface area (Å²) in [5.41, 5.74) is 5.29. The van der Waals surface area contributed by atoms with Gasteiger partial charge in [0.1, 0.15) is 18.5 Å². The summed E-state index contributed by atoms with van der Waals surface area (Å²) in [7, 11) is 1.58. The van der Waals surface area contributed by atoms with Crippen LogP contribution in [0.1, 0.15) is 24.8 Å². The van der Waals surface area contributed by atoms with E-state index in [-0.39, 0.29) is 49.2 Å². The van der Waals surface area contributed by atoms with Crippen molar-refractivity contribution in [2.75, 3.05) is 20.2 Å². The Morgan fingerprint density at radius 3 is 2.57 bits per heavy atom. The fourth-order valence-corrected chi connectivity index (χ4v) is 4.43. The minimum absolute atomic E-state index is 0. The first-order valence-corrected chi connectivity index (χ1v) is 9.16. The van der Waals surface area contributed by atoms with Gasteiger partial charge >= 0.3 is 6.18 Å². The minimum Gasteiger partial charge on any atom is -0.490 e. The Kier molecular flexibility index (Phi) is 7.22. The van der Waals surface area contributed by atoms with Crippen molar-refractivity contribution in [2.45, 2.75) is 37.6 Å². The van der Waals surface area contributed by atoms with Crippen molar-refractivity contribution in [3.63, 3.8) is 0 Å². The molecule has 28 heavy (non-hydrogen) atoms. The van der Waals surface area contributed by atoms with Crippen molar-refractivity contribution < 1.29 is 27.8 Å². The smallest absolute Gasteiger partial charge is 0.419 e. The number of fused-ring (bicyclic) bond motifs is 2. The van der Waals surface area contributed by atoms with Crippen molar-refractivity contribution in [1.29, 1.82) is 0 Å². The number of benzene rings is 1. The number of rotatable bonds is 6. The van der Waals surface area contributed by atoms with Gasteiger partial charge in [-0.05, 0) is 43.2 Å². The SMILES string of the molecule is CN(CC(O)COc1ccccc1C(F)(F)F)C(=O)C1C2CCC(C2)C1N.Cl. The second-order valence-electron chi connectivity index (χ2n) is 7.61. The Balaban J connectivity index is 0.00000280. The summed E-state index contributed by atoms with van der Waals surface area (Å²) in [5.74, 6) is 0.0157. The number of likely N-dealkylation sites (N-methyl/N-ethyl adjacent to an activating group) is 1. The zero-order valence-corrected chi connectivity index (χ0v) is 16.4. The molecule has 0 saturated heterocycles. The third kappa shape index (κ3) is 4.72. The van der Waals surface area contributed by atoms with E-state index in [0.717, 1.165) is 25.3 Å². The predicted octanol–water partition coefficient (Wildman–Crippen LogP) is 2.70. The van der Waals surface area contributed by atoms with Crippen LogP contribution in [0.5, 0.6) is 5.75 Å². The highest BCUT2D eigenvalue weighted by Crippen LogP contribution is 2.48. The van der Waals surface area contributed by atoms with Gasteiger partial charge in [-0.15, -0.1) is 12.4 Å². The number of hydrogen-bond acceptors (Lipinski definition) is 4. The van der Waals surface area contributed by atoms with Crippen LogP contribution < -0.4 is 10.5 Å². The molecule has 5 nitrogen and oxygen atoms in total. The van der Waals surface area contributed by atoms with Crippen LogP contribution >= 0.6 is 12.4 Å². The topological polar surface area (TPSA) is 75.8 Å². The normalized spacial score (nSPS) is 27.2. The lowest BCUT2D eigenvalue weighted by Crippen LogP contribution is -2.48. The Morgan fingerprint density at radius 1 is 1.32 bits per heavy atom. The lowest BCUT2D eigenvalue weighted by Gasteiger charge is -2.31. The van der Waals surface area contributed by atoms with Gasteiger partial charge in [-0.25, -0.2) is 0 Å². The zero-order chi connectivity index (χ0) is 19.8. The van der Waals surface area contributed by atoms with E-state index in [4.69, 9.17) is 10.5 Å². The zero-order valence-electron chi connectivity index (χ0n) is 15.6. The summed E-state index contributed by atoms with van der Waals surface area (Å²) in [6, 6.07) is 4.69. The highest BCUT2D eigenvalue weighted by molar-refractivity contribution is 5.85. The second-order valence-corrected chi connectivity index (χ2v) is 7.61. The third-order valence-corrected chi connectivity index (χ3v) is 5.75. The molecule has 158 valence electrons. The molecular weight excluding hydrogens is 397 g/mol. The van der Waals surface area contributed by atoms with Crippen LogP contribution in [0.4, 0.5) is 13.2 Å². The molecule has 1 aromatic rings. The van der Waals surface area contributed by atoms with Crippen LogP contribution in [0.2, 0.25) is 0 Å². The van der Waals surface area contributed by atoms with Gasteiger partial charge in [0, 0.05) is 19.6 Å². The number of para-hydroxylation sites is 1. The minimum atomic E-state index is -4.54. The molecule has 0 radical (unpaired) electrons. The fraction of sp³-hybridized carbons (Fsp3) is 0.632. The van der Waals surface area contributed by atoms with Crippen molar-refractivity contribution in [2.24, 2.45) is 23.5 Å². The summed E-state index contributed by atoms with van der Waals surface area (Å²) < 4.78 is 44.1. The van der Waals surface area contributed by atoms with Crippen molar-refractivity contribution >= 4 is 18.3 Å². The Morgan fingerprint density at radius 2 is 1.96 bits per heavy atom. The number of hydrogen-bond donors (Lipinski definition) is 2. The van der Waals surface area contributed by atoms with E-state index in [1.54, 1.807) is 7.05 Å². The number of halogens is 4. The molecule has 3 rings (SSSR count). The van der Waals surface area contributed by atoms with Crippen LogP contribution in [0, 0.1) is 17.8 Å². The van der Waals surface area contributed by atoms with Gasteiger partial charge in [-0.3, -0.25) is 4.79 Å². The molecule has 5 atom stereocenters. The summed E-state index contributed by atoms with van der Waals surface area (Å²) >= 11 is 0. The quantitative estimate of drug-likeness (QED) is 0.739. The first kappa shape index (κ1) is 22.8. The average Bonchev–Trinajstić information content (AvgIpc) is 3.20. The number of alkyl halides is 3. The molecule has 0 heterocycles. The van der Waals surface area contributed by atoms with Gasteiger partial charge in [-0.2, -0.15) is 13.2 Å². The number of aliphatic hydroxyl groups excluding tert-OH is 1. The van der Waals surface area contributed by atoms with E-state index in [0.29, 0.717) is 11.8 Å². The van der Waals surface area contributed by atoms with Crippen LogP contribution in [0.15, 0.2) is 24.3 Å². The fourth-order valence-electron chi connectivity index (χ4n) is 4.43. The molecule has 1 amide bonds. The molecule has 3 N–H and O–H groups in total. The number of nitrogens with two attached hydrogens (primary N) is 1. The first-order valence-electron chi connectivity index (χ1n) is 9.16. The van der Waals surface area contributed by atoms with E-state index >= 15 is 0 Å². The van der Waals surface area contributed by atoms with E-state index in [9.17, 15) is 23.1 Å². The van der Waals surface area contributed by atoms with E-state index in [2.05, 4.69) is 0 Å². The molecule has 9 heteroatoms. The van der Waals surface area contributed by atoms with E-state index < -0.39 is 17.8 Å². The predicted molar refractivity (Wildman–Crippen MR) is 100 cm³/mol. The van der Waals surface area contributed by atoms with E-state index in [1.807, 2.05) is 0 Å². The summed E-state index contributed by atoms with van der Waals surface area (Å²) in [5, 5.41) is 10.1. The van der Waals surface area contributed by atoms with E-state index in [1.165, 1.54) is 23.1 Å². The number of carbonyl (C=O) groups excluding carboxylic acids is 1. The molecule has 2 bridgehead atoms. The average molecular weight is 423 g/mol. The van der Waals surface area contributed by atoms with Crippen LogP contribution in [-0.4, -0.2) is 48.3 Å². The number of carbonyl (C=O) groups is 1. The molecule has 2 saturated carbocycles. The molecule has 0 aromatic heterocycles. The van der Waals surface area contributed by atoms with Gasteiger partial charge < -0.3 is 20.5 Å². The lowest BCUT2D eigenvalue weighted by atomic mass is 9.84. The standard InChI is InChI=1S/C19H25F3N2O3.ClH/c1-24(18(26)16-11-6-7-12(8-11)17(16)23)9-13(25)10-27-15-5-3-2-4-14(15)19(20,21)22;/h2-5,11-13,16-17,25H,6-10,23H2,1H3;1H. The summed E-state index contributed by atoms with van der Waals surface area (Å²) in [6.07, 6.45) is -2.59. The summed E-state index contributed by atoms with van der Waals surface area (Å²) in [4.78, 5) is 14.1. The van der Waals surface area contributed by atoms with Crippen molar-refractivity contribution in [3.05, 3.63) is 29.8 Å². The Hall–Kier alpha value is -1.51. The van der Waals surface area contributed by atoms with Crippen LogP contribution in [-0.2, 0) is 11.0 Å².